The summed E-state index contributed by atoms with van der Waals surface area (Å²) < 4.78 is 5.14. The summed E-state index contributed by atoms with van der Waals surface area (Å²) in [7, 11) is 1.66. The zero-order valence-electron chi connectivity index (χ0n) is 12.6. The maximum atomic E-state index is 11.1. The second-order valence-electron chi connectivity index (χ2n) is 4.91. The molecular weight excluding hydrogens is 264 g/mol. The van der Waals surface area contributed by atoms with E-state index in [9.17, 15) is 4.79 Å². The molecule has 110 valence electrons. The third-order valence-corrected chi connectivity index (χ3v) is 3.20. The van der Waals surface area contributed by atoms with Crippen molar-refractivity contribution in [3.05, 3.63) is 53.6 Å². The minimum Gasteiger partial charge on any atom is -0.497 e. The lowest BCUT2D eigenvalue weighted by Crippen LogP contribution is -2.07. The molecule has 0 fully saturated rings. The lowest BCUT2D eigenvalue weighted by atomic mass is 10.1. The Balaban J connectivity index is 2.05. The van der Waals surface area contributed by atoms with Crippen LogP contribution in [0.4, 0.5) is 11.4 Å². The Kier molecular flexibility index (Phi) is 4.82. The number of hydrogen-bond acceptors (Lipinski definition) is 3. The van der Waals surface area contributed by atoms with Crippen LogP contribution in [0.1, 0.15) is 18.1 Å². The molecule has 0 atom stereocenters. The number of benzene rings is 2. The Labute approximate surface area is 125 Å². The van der Waals surface area contributed by atoms with Crippen molar-refractivity contribution < 1.29 is 9.53 Å². The molecule has 0 saturated carbocycles. The molecule has 0 saturated heterocycles. The van der Waals surface area contributed by atoms with E-state index in [0.29, 0.717) is 6.54 Å². The number of aryl methyl sites for hydroxylation is 1. The Bertz CT molecular complexity index is 621. The average Bonchev–Trinajstić information content (AvgIpc) is 2.48. The molecule has 0 spiro atoms. The smallest absolute Gasteiger partial charge is 0.221 e. The van der Waals surface area contributed by atoms with E-state index < -0.39 is 0 Å². The Hall–Kier alpha value is -2.49. The van der Waals surface area contributed by atoms with Crippen LogP contribution in [0, 0.1) is 6.92 Å². The molecule has 0 aliphatic heterocycles. The van der Waals surface area contributed by atoms with E-state index in [1.165, 1.54) is 12.5 Å². The number of carbonyl (C=O) groups is 1. The van der Waals surface area contributed by atoms with Crippen LogP contribution in [-0.2, 0) is 11.3 Å². The summed E-state index contributed by atoms with van der Waals surface area (Å²) in [4.78, 5) is 11.1. The highest BCUT2D eigenvalue weighted by Crippen LogP contribution is 2.21. The standard InChI is InChI=1S/C17H20N2O2/c1-12-4-7-15(19-13(2)20)10-17(12)18-11-14-5-8-16(21-3)9-6-14/h4-10,18H,11H2,1-3H3,(H,19,20). The number of anilines is 2. The fourth-order valence-electron chi connectivity index (χ4n) is 2.03. The normalized spacial score (nSPS) is 10.0. The summed E-state index contributed by atoms with van der Waals surface area (Å²) in [6, 6.07) is 13.8. The molecule has 0 aliphatic rings. The second-order valence-corrected chi connectivity index (χ2v) is 4.91. The van der Waals surface area contributed by atoms with E-state index in [1.807, 2.05) is 49.4 Å². The van der Waals surface area contributed by atoms with E-state index in [0.717, 1.165) is 22.7 Å². The molecule has 21 heavy (non-hydrogen) atoms. The summed E-state index contributed by atoms with van der Waals surface area (Å²) in [5, 5.41) is 6.18. The van der Waals surface area contributed by atoms with E-state index in [-0.39, 0.29) is 5.91 Å². The number of nitrogens with one attached hydrogen (secondary N) is 2. The van der Waals surface area contributed by atoms with Crippen LogP contribution in [-0.4, -0.2) is 13.0 Å². The van der Waals surface area contributed by atoms with Gasteiger partial charge in [-0.3, -0.25) is 4.79 Å². The number of methoxy groups -OCH3 is 1. The number of rotatable bonds is 5. The Morgan fingerprint density at radius 1 is 1.14 bits per heavy atom. The third-order valence-electron chi connectivity index (χ3n) is 3.20. The van der Waals surface area contributed by atoms with Crippen molar-refractivity contribution in [3.63, 3.8) is 0 Å². The average molecular weight is 284 g/mol. The predicted molar refractivity (Wildman–Crippen MR) is 85.8 cm³/mol. The first-order chi connectivity index (χ1) is 10.1. The van der Waals surface area contributed by atoms with Gasteiger partial charge in [0.2, 0.25) is 5.91 Å². The van der Waals surface area contributed by atoms with Gasteiger partial charge in [-0.2, -0.15) is 0 Å². The van der Waals surface area contributed by atoms with Crippen LogP contribution in [0.2, 0.25) is 0 Å². The minimum atomic E-state index is -0.0695. The molecule has 0 heterocycles. The first-order valence-electron chi connectivity index (χ1n) is 6.83. The molecule has 2 N–H and O–H groups in total. The SMILES string of the molecule is COc1ccc(CNc2cc(NC(C)=O)ccc2C)cc1. The molecule has 4 nitrogen and oxygen atoms in total. The highest BCUT2D eigenvalue weighted by molar-refractivity contribution is 5.89. The predicted octanol–water partition coefficient (Wildman–Crippen LogP) is 3.57. The molecule has 2 aromatic carbocycles. The van der Waals surface area contributed by atoms with E-state index >= 15 is 0 Å². The summed E-state index contributed by atoms with van der Waals surface area (Å²) in [5.74, 6) is 0.780. The molecule has 0 aliphatic carbocycles. The summed E-state index contributed by atoms with van der Waals surface area (Å²) in [6.07, 6.45) is 0. The van der Waals surface area contributed by atoms with Gasteiger partial charge in [0.1, 0.15) is 5.75 Å². The van der Waals surface area contributed by atoms with Gasteiger partial charge in [-0.15, -0.1) is 0 Å². The highest BCUT2D eigenvalue weighted by atomic mass is 16.5. The maximum absolute atomic E-state index is 11.1. The van der Waals surface area contributed by atoms with Crippen molar-refractivity contribution in [1.82, 2.24) is 0 Å². The second kappa shape index (κ2) is 6.79. The van der Waals surface area contributed by atoms with Crippen molar-refractivity contribution in [3.8, 4) is 5.75 Å². The van der Waals surface area contributed by atoms with Gasteiger partial charge in [0.25, 0.3) is 0 Å². The van der Waals surface area contributed by atoms with Crippen LogP contribution >= 0.6 is 0 Å². The van der Waals surface area contributed by atoms with Crippen molar-refractivity contribution in [1.29, 1.82) is 0 Å². The van der Waals surface area contributed by atoms with Gasteiger partial charge >= 0.3 is 0 Å². The van der Waals surface area contributed by atoms with E-state index in [4.69, 9.17) is 4.74 Å². The van der Waals surface area contributed by atoms with Gasteiger partial charge in [0.05, 0.1) is 7.11 Å². The van der Waals surface area contributed by atoms with Crippen molar-refractivity contribution >= 4 is 17.3 Å². The monoisotopic (exact) mass is 284 g/mol. The molecule has 4 heteroatoms. The molecule has 1 amide bonds. The van der Waals surface area contributed by atoms with Gasteiger partial charge in [-0.25, -0.2) is 0 Å². The fraction of sp³-hybridized carbons (Fsp3) is 0.235. The van der Waals surface area contributed by atoms with Gasteiger partial charge in [-0.1, -0.05) is 18.2 Å². The zero-order valence-corrected chi connectivity index (χ0v) is 12.6. The van der Waals surface area contributed by atoms with Gasteiger partial charge in [-0.05, 0) is 42.3 Å². The van der Waals surface area contributed by atoms with Crippen LogP contribution < -0.4 is 15.4 Å². The molecule has 0 radical (unpaired) electrons. The number of amides is 1. The molecule has 0 aromatic heterocycles. The first kappa shape index (κ1) is 14.9. The number of carbonyl (C=O) groups excluding carboxylic acids is 1. The quantitative estimate of drug-likeness (QED) is 0.882. The third kappa shape index (κ3) is 4.24. The van der Waals surface area contributed by atoms with E-state index in [1.54, 1.807) is 7.11 Å². The highest BCUT2D eigenvalue weighted by Gasteiger charge is 2.02. The fourth-order valence-corrected chi connectivity index (χ4v) is 2.03. The first-order valence-corrected chi connectivity index (χ1v) is 6.83. The van der Waals surface area contributed by atoms with Crippen LogP contribution in [0.25, 0.3) is 0 Å². The molecule has 2 aromatic rings. The summed E-state index contributed by atoms with van der Waals surface area (Å²) >= 11 is 0. The van der Waals surface area contributed by atoms with Crippen molar-refractivity contribution in [2.75, 3.05) is 17.7 Å². The van der Waals surface area contributed by atoms with Gasteiger partial charge in [0.15, 0.2) is 0 Å². The Morgan fingerprint density at radius 3 is 2.48 bits per heavy atom. The van der Waals surface area contributed by atoms with Crippen LogP contribution in [0.5, 0.6) is 5.75 Å². The topological polar surface area (TPSA) is 50.4 Å². The number of hydrogen-bond donors (Lipinski definition) is 2. The number of ether oxygens (including phenoxy) is 1. The van der Waals surface area contributed by atoms with Gasteiger partial charge < -0.3 is 15.4 Å². The van der Waals surface area contributed by atoms with Crippen LogP contribution in [0.15, 0.2) is 42.5 Å². The van der Waals surface area contributed by atoms with E-state index in [2.05, 4.69) is 10.6 Å². The Morgan fingerprint density at radius 2 is 1.86 bits per heavy atom. The van der Waals surface area contributed by atoms with Crippen molar-refractivity contribution in [2.24, 2.45) is 0 Å². The summed E-state index contributed by atoms with van der Waals surface area (Å²) in [6.45, 7) is 4.26. The zero-order chi connectivity index (χ0) is 15.2. The molecule has 0 bridgehead atoms. The molecular formula is C17H20N2O2. The van der Waals surface area contributed by atoms with Gasteiger partial charge in [0, 0.05) is 24.8 Å². The minimum absolute atomic E-state index is 0.0695. The molecule has 0 unspecified atom stereocenters. The maximum Gasteiger partial charge on any atom is 0.221 e. The van der Waals surface area contributed by atoms with Crippen LogP contribution in [0.3, 0.4) is 0 Å². The lowest BCUT2D eigenvalue weighted by molar-refractivity contribution is -0.114. The lowest BCUT2D eigenvalue weighted by Gasteiger charge is -2.12. The summed E-state index contributed by atoms with van der Waals surface area (Å²) in [5.41, 5.74) is 4.11. The largest absolute Gasteiger partial charge is 0.497 e. The molecule has 2 rings (SSSR count). The van der Waals surface area contributed by atoms with Crippen molar-refractivity contribution in [2.45, 2.75) is 20.4 Å².